The number of halogens is 2. The Kier molecular flexibility index (Phi) is 7.83. The van der Waals surface area contributed by atoms with Crippen molar-refractivity contribution in [2.24, 2.45) is 11.8 Å². The topological polar surface area (TPSA) is 32.3 Å². The summed E-state index contributed by atoms with van der Waals surface area (Å²) < 4.78 is 13.1. The van der Waals surface area contributed by atoms with Crippen molar-refractivity contribution in [1.82, 2.24) is 10.2 Å². The first kappa shape index (κ1) is 18.9. The van der Waals surface area contributed by atoms with Gasteiger partial charge in [0, 0.05) is 19.0 Å². The lowest BCUT2D eigenvalue weighted by atomic mass is 10.00. The summed E-state index contributed by atoms with van der Waals surface area (Å²) in [4.78, 5) is 14.4. The van der Waals surface area contributed by atoms with Crippen LogP contribution in [0.2, 0.25) is 0 Å². The third-order valence-electron chi connectivity index (χ3n) is 4.27. The van der Waals surface area contributed by atoms with E-state index in [4.69, 9.17) is 0 Å². The SMILES string of the molecule is CNCC1CCN(C(=O)C(C)CCc2cccc(F)c2)C1.Cl. The van der Waals surface area contributed by atoms with Gasteiger partial charge in [0.25, 0.3) is 0 Å². The fourth-order valence-corrected chi connectivity index (χ4v) is 3.00. The van der Waals surface area contributed by atoms with Gasteiger partial charge in [-0.15, -0.1) is 12.4 Å². The van der Waals surface area contributed by atoms with Crippen LogP contribution in [0.25, 0.3) is 0 Å². The van der Waals surface area contributed by atoms with Gasteiger partial charge in [-0.2, -0.15) is 0 Å². The molecule has 3 nitrogen and oxygen atoms in total. The van der Waals surface area contributed by atoms with Crippen LogP contribution in [0.15, 0.2) is 24.3 Å². The largest absolute Gasteiger partial charge is 0.342 e. The van der Waals surface area contributed by atoms with E-state index in [1.165, 1.54) is 6.07 Å². The first-order valence-corrected chi connectivity index (χ1v) is 7.78. The number of nitrogens with zero attached hydrogens (tertiary/aromatic N) is 1. The molecule has 1 amide bonds. The Labute approximate surface area is 138 Å². The Bertz CT molecular complexity index is 483. The molecule has 0 radical (unpaired) electrons. The Balaban J connectivity index is 0.00000242. The van der Waals surface area contributed by atoms with Crippen LogP contribution >= 0.6 is 12.4 Å². The number of nitrogens with one attached hydrogen (secondary N) is 1. The van der Waals surface area contributed by atoms with Crippen molar-refractivity contribution in [1.29, 1.82) is 0 Å². The van der Waals surface area contributed by atoms with E-state index in [1.54, 1.807) is 12.1 Å². The second-order valence-electron chi connectivity index (χ2n) is 6.07. The van der Waals surface area contributed by atoms with Crippen molar-refractivity contribution >= 4 is 18.3 Å². The molecule has 2 atom stereocenters. The van der Waals surface area contributed by atoms with Gasteiger partial charge in [0.2, 0.25) is 5.91 Å². The maximum atomic E-state index is 13.1. The van der Waals surface area contributed by atoms with Gasteiger partial charge in [-0.3, -0.25) is 4.79 Å². The molecule has 1 N–H and O–H groups in total. The van der Waals surface area contributed by atoms with Crippen LogP contribution in [0, 0.1) is 17.7 Å². The van der Waals surface area contributed by atoms with Gasteiger partial charge in [0.15, 0.2) is 0 Å². The van der Waals surface area contributed by atoms with Crippen LogP contribution in [0.4, 0.5) is 4.39 Å². The molecular formula is C17H26ClFN2O. The lowest BCUT2D eigenvalue weighted by molar-refractivity contribution is -0.134. The molecule has 0 saturated carbocycles. The second-order valence-corrected chi connectivity index (χ2v) is 6.07. The van der Waals surface area contributed by atoms with Crippen molar-refractivity contribution in [3.63, 3.8) is 0 Å². The van der Waals surface area contributed by atoms with Gasteiger partial charge < -0.3 is 10.2 Å². The van der Waals surface area contributed by atoms with E-state index < -0.39 is 0 Å². The van der Waals surface area contributed by atoms with E-state index in [1.807, 2.05) is 24.9 Å². The Hall–Kier alpha value is -1.13. The first-order chi connectivity index (χ1) is 10.1. The normalized spacial score (nSPS) is 18.9. The molecule has 1 aliphatic rings. The van der Waals surface area contributed by atoms with Gasteiger partial charge >= 0.3 is 0 Å². The number of benzene rings is 1. The predicted molar refractivity (Wildman–Crippen MR) is 89.7 cm³/mol. The van der Waals surface area contributed by atoms with Crippen molar-refractivity contribution in [3.8, 4) is 0 Å². The van der Waals surface area contributed by atoms with Crippen LogP contribution in [-0.2, 0) is 11.2 Å². The average Bonchev–Trinajstić information content (AvgIpc) is 2.93. The summed E-state index contributed by atoms with van der Waals surface area (Å²) in [7, 11) is 1.95. The van der Waals surface area contributed by atoms with Crippen LogP contribution in [0.5, 0.6) is 0 Å². The number of carbonyl (C=O) groups is 1. The minimum absolute atomic E-state index is 0. The van der Waals surface area contributed by atoms with Gasteiger partial charge in [-0.25, -0.2) is 4.39 Å². The minimum Gasteiger partial charge on any atom is -0.342 e. The van der Waals surface area contributed by atoms with Crippen molar-refractivity contribution in [2.75, 3.05) is 26.7 Å². The Morgan fingerprint density at radius 1 is 1.50 bits per heavy atom. The van der Waals surface area contributed by atoms with E-state index in [-0.39, 0.29) is 30.0 Å². The van der Waals surface area contributed by atoms with E-state index in [2.05, 4.69) is 5.32 Å². The average molecular weight is 329 g/mol. The lowest BCUT2D eigenvalue weighted by Crippen LogP contribution is -2.34. The highest BCUT2D eigenvalue weighted by atomic mass is 35.5. The van der Waals surface area contributed by atoms with E-state index >= 15 is 0 Å². The smallest absolute Gasteiger partial charge is 0.225 e. The fourth-order valence-electron chi connectivity index (χ4n) is 3.00. The van der Waals surface area contributed by atoms with Crippen molar-refractivity contribution < 1.29 is 9.18 Å². The highest BCUT2D eigenvalue weighted by Gasteiger charge is 2.28. The van der Waals surface area contributed by atoms with E-state index in [0.29, 0.717) is 5.92 Å². The summed E-state index contributed by atoms with van der Waals surface area (Å²) in [6, 6.07) is 6.64. The fraction of sp³-hybridized carbons (Fsp3) is 0.588. The van der Waals surface area contributed by atoms with E-state index in [9.17, 15) is 9.18 Å². The molecule has 0 aromatic heterocycles. The van der Waals surface area contributed by atoms with Crippen LogP contribution in [0.1, 0.15) is 25.3 Å². The molecule has 2 unspecified atom stereocenters. The van der Waals surface area contributed by atoms with Gasteiger partial charge in [0.05, 0.1) is 0 Å². The summed E-state index contributed by atoms with van der Waals surface area (Å²) in [6.45, 7) is 4.69. The van der Waals surface area contributed by atoms with Crippen LogP contribution in [0.3, 0.4) is 0 Å². The summed E-state index contributed by atoms with van der Waals surface area (Å²) in [5.41, 5.74) is 0.962. The third kappa shape index (κ3) is 5.25. The Morgan fingerprint density at radius 3 is 2.95 bits per heavy atom. The molecule has 0 aliphatic carbocycles. The zero-order valence-corrected chi connectivity index (χ0v) is 14.2. The summed E-state index contributed by atoms with van der Waals surface area (Å²) >= 11 is 0. The standard InChI is InChI=1S/C17H25FN2O.ClH/c1-13(6-7-14-4-3-5-16(18)10-14)17(21)20-9-8-15(12-20)11-19-2;/h3-5,10,13,15,19H,6-9,11-12H2,1-2H3;1H. The molecule has 1 fully saturated rings. The van der Waals surface area contributed by atoms with Crippen LogP contribution < -0.4 is 5.32 Å². The molecule has 124 valence electrons. The number of hydrogen-bond donors (Lipinski definition) is 1. The molecule has 2 rings (SSSR count). The molecule has 0 bridgehead atoms. The highest BCUT2D eigenvalue weighted by molar-refractivity contribution is 5.85. The number of aryl methyl sites for hydroxylation is 1. The number of rotatable bonds is 6. The number of likely N-dealkylation sites (tertiary alicyclic amines) is 1. The molecular weight excluding hydrogens is 303 g/mol. The third-order valence-corrected chi connectivity index (χ3v) is 4.27. The highest BCUT2D eigenvalue weighted by Crippen LogP contribution is 2.20. The Morgan fingerprint density at radius 2 is 2.27 bits per heavy atom. The summed E-state index contributed by atoms with van der Waals surface area (Å²) in [5, 5.41) is 3.18. The minimum atomic E-state index is -0.207. The maximum Gasteiger partial charge on any atom is 0.225 e. The van der Waals surface area contributed by atoms with Gasteiger partial charge in [-0.1, -0.05) is 19.1 Å². The van der Waals surface area contributed by atoms with Gasteiger partial charge in [-0.05, 0) is 56.5 Å². The molecule has 1 saturated heterocycles. The number of hydrogen-bond acceptors (Lipinski definition) is 2. The molecule has 0 spiro atoms. The maximum absolute atomic E-state index is 13.1. The zero-order valence-electron chi connectivity index (χ0n) is 13.3. The van der Waals surface area contributed by atoms with Crippen LogP contribution in [-0.4, -0.2) is 37.5 Å². The number of amides is 1. The summed E-state index contributed by atoms with van der Waals surface area (Å²) in [5.74, 6) is 0.613. The van der Waals surface area contributed by atoms with E-state index in [0.717, 1.165) is 44.5 Å². The van der Waals surface area contributed by atoms with Gasteiger partial charge in [0.1, 0.15) is 5.82 Å². The molecule has 1 aromatic carbocycles. The summed E-state index contributed by atoms with van der Waals surface area (Å²) in [6.07, 6.45) is 2.61. The molecule has 1 aliphatic heterocycles. The van der Waals surface area contributed by atoms with Crippen molar-refractivity contribution in [3.05, 3.63) is 35.6 Å². The first-order valence-electron chi connectivity index (χ1n) is 7.78. The quantitative estimate of drug-likeness (QED) is 0.871. The molecule has 22 heavy (non-hydrogen) atoms. The predicted octanol–water partition coefficient (Wildman–Crippen LogP) is 2.88. The molecule has 5 heteroatoms. The van der Waals surface area contributed by atoms with Crippen molar-refractivity contribution in [2.45, 2.75) is 26.2 Å². The molecule has 1 aromatic rings. The lowest BCUT2D eigenvalue weighted by Gasteiger charge is -2.21. The molecule has 1 heterocycles. The second kappa shape index (κ2) is 9.11. The zero-order chi connectivity index (χ0) is 15.2. The number of carbonyl (C=O) groups excluding carboxylic acids is 1. The monoisotopic (exact) mass is 328 g/mol.